The number of nitrogens with zero attached hydrogens (tertiary/aromatic N) is 4. The van der Waals surface area contributed by atoms with Crippen LogP contribution in [0, 0.1) is 6.92 Å². The number of pyridine rings is 1. The van der Waals surface area contributed by atoms with Gasteiger partial charge in [-0.1, -0.05) is 115 Å². The average molecular weight is 617 g/mol. The summed E-state index contributed by atoms with van der Waals surface area (Å²) in [5.74, 6) is 1.78. The van der Waals surface area contributed by atoms with E-state index in [1.54, 1.807) is 0 Å². The molecule has 0 amide bonds. The molecule has 0 aliphatic heterocycles. The third-order valence-corrected chi connectivity index (χ3v) is 8.84. The lowest BCUT2D eigenvalue weighted by Gasteiger charge is -2.11. The highest BCUT2D eigenvalue weighted by Gasteiger charge is 2.20. The van der Waals surface area contributed by atoms with E-state index in [9.17, 15) is 0 Å². The number of para-hydroxylation sites is 1. The van der Waals surface area contributed by atoms with Crippen LogP contribution in [0.25, 0.3) is 89.3 Å². The molecular weight excluding hydrogens is 589 g/mol. The molecule has 5 nitrogen and oxygen atoms in total. The van der Waals surface area contributed by atoms with Crippen LogP contribution in [-0.2, 0) is 0 Å². The summed E-state index contributed by atoms with van der Waals surface area (Å²) in [4.78, 5) is 19.6. The third kappa shape index (κ3) is 4.89. The average Bonchev–Trinajstić information content (AvgIpc) is 3.53. The van der Waals surface area contributed by atoms with Crippen molar-refractivity contribution in [1.82, 2.24) is 19.9 Å². The van der Waals surface area contributed by atoms with E-state index in [0.29, 0.717) is 17.5 Å². The predicted octanol–water partition coefficient (Wildman–Crippen LogP) is 11.0. The van der Waals surface area contributed by atoms with E-state index in [4.69, 9.17) is 19.4 Å². The molecule has 0 radical (unpaired) electrons. The van der Waals surface area contributed by atoms with Crippen LogP contribution in [0.1, 0.15) is 5.56 Å². The van der Waals surface area contributed by atoms with Gasteiger partial charge in [-0.2, -0.15) is 0 Å². The predicted molar refractivity (Wildman–Crippen MR) is 194 cm³/mol. The van der Waals surface area contributed by atoms with Gasteiger partial charge < -0.3 is 4.42 Å². The topological polar surface area (TPSA) is 64.7 Å². The molecule has 0 atom stereocenters. The van der Waals surface area contributed by atoms with E-state index in [1.165, 1.54) is 11.1 Å². The van der Waals surface area contributed by atoms with Crippen LogP contribution in [-0.4, -0.2) is 19.9 Å². The molecule has 3 heterocycles. The van der Waals surface area contributed by atoms with Crippen LogP contribution in [0.2, 0.25) is 0 Å². The maximum atomic E-state index is 6.54. The van der Waals surface area contributed by atoms with Crippen molar-refractivity contribution in [2.24, 2.45) is 0 Å². The number of aromatic nitrogens is 4. The van der Waals surface area contributed by atoms with Crippen LogP contribution in [0.15, 0.2) is 156 Å². The van der Waals surface area contributed by atoms with Gasteiger partial charge in [0.25, 0.3) is 0 Å². The van der Waals surface area contributed by atoms with Gasteiger partial charge in [0.05, 0.1) is 11.1 Å². The molecule has 0 saturated heterocycles. The van der Waals surface area contributed by atoms with Crippen molar-refractivity contribution in [3.8, 4) is 56.4 Å². The molecule has 0 spiro atoms. The summed E-state index contributed by atoms with van der Waals surface area (Å²) >= 11 is 0. The Bertz CT molecular complexity index is 2550. The second-order valence-electron chi connectivity index (χ2n) is 12.0. The van der Waals surface area contributed by atoms with E-state index in [0.717, 1.165) is 66.2 Å². The molecule has 48 heavy (non-hydrogen) atoms. The highest BCUT2D eigenvalue weighted by atomic mass is 16.3. The van der Waals surface area contributed by atoms with Crippen LogP contribution in [0.4, 0.5) is 0 Å². The molecule has 3 aromatic heterocycles. The largest absolute Gasteiger partial charge is 0.455 e. The van der Waals surface area contributed by atoms with Crippen LogP contribution < -0.4 is 0 Å². The van der Waals surface area contributed by atoms with E-state index < -0.39 is 0 Å². The molecule has 0 N–H and O–H groups in total. The fourth-order valence-electron chi connectivity index (χ4n) is 6.44. The second-order valence-corrected chi connectivity index (χ2v) is 12.0. The Kier molecular flexibility index (Phi) is 6.61. The van der Waals surface area contributed by atoms with Crippen molar-refractivity contribution < 1.29 is 4.42 Å². The van der Waals surface area contributed by atoms with E-state index in [1.807, 2.05) is 85.1 Å². The maximum Gasteiger partial charge on any atom is 0.167 e. The molecule has 0 aliphatic carbocycles. The zero-order chi connectivity index (χ0) is 32.0. The standard InChI is InChI=1S/C43H28N4O/c1-27-16-21-38-35(24-27)33(22-23-44-38)29-19-17-28(18-20-29)32-25-36-34-14-8-9-15-39(34)48-40(36)37(26-32)43-46-41(30-10-4-2-5-11-30)45-42(47-43)31-12-6-3-7-13-31/h2-26H,1H3. The summed E-state index contributed by atoms with van der Waals surface area (Å²) in [5, 5.41) is 3.21. The molecule has 0 unspecified atom stereocenters. The highest BCUT2D eigenvalue weighted by molar-refractivity contribution is 6.11. The molecule has 0 bridgehead atoms. The Morgan fingerprint density at radius 1 is 0.438 bits per heavy atom. The van der Waals surface area contributed by atoms with E-state index in [2.05, 4.69) is 78.6 Å². The van der Waals surface area contributed by atoms with Gasteiger partial charge in [0.15, 0.2) is 17.5 Å². The fourth-order valence-corrected chi connectivity index (χ4v) is 6.44. The number of aryl methyl sites for hydroxylation is 1. The first-order chi connectivity index (χ1) is 23.7. The summed E-state index contributed by atoms with van der Waals surface area (Å²) < 4.78 is 6.54. The summed E-state index contributed by atoms with van der Waals surface area (Å²) in [6.07, 6.45) is 1.88. The van der Waals surface area contributed by atoms with Gasteiger partial charge >= 0.3 is 0 Å². The molecule has 226 valence electrons. The number of hydrogen-bond acceptors (Lipinski definition) is 5. The SMILES string of the molecule is Cc1ccc2nccc(-c3ccc(-c4cc(-c5nc(-c6ccccc6)nc(-c6ccccc6)n5)c5oc6ccccc6c5c4)cc3)c2c1. The lowest BCUT2D eigenvalue weighted by Crippen LogP contribution is -2.00. The zero-order valence-corrected chi connectivity index (χ0v) is 26.1. The van der Waals surface area contributed by atoms with Crippen LogP contribution in [0.5, 0.6) is 0 Å². The van der Waals surface area contributed by atoms with Crippen molar-refractivity contribution in [2.45, 2.75) is 6.92 Å². The first kappa shape index (κ1) is 27.8. The molecule has 9 aromatic rings. The summed E-state index contributed by atoms with van der Waals surface area (Å²) in [6, 6.07) is 49.8. The van der Waals surface area contributed by atoms with Gasteiger partial charge in [0.1, 0.15) is 11.2 Å². The van der Waals surface area contributed by atoms with Gasteiger partial charge in [-0.05, 0) is 65.6 Å². The quantitative estimate of drug-likeness (QED) is 0.192. The Labute approximate surface area is 277 Å². The Hall–Kier alpha value is -6.46. The minimum absolute atomic E-state index is 0.559. The van der Waals surface area contributed by atoms with Crippen molar-refractivity contribution >= 4 is 32.8 Å². The number of furan rings is 1. The van der Waals surface area contributed by atoms with Crippen LogP contribution in [0.3, 0.4) is 0 Å². The van der Waals surface area contributed by atoms with Crippen molar-refractivity contribution in [3.05, 3.63) is 157 Å². The van der Waals surface area contributed by atoms with E-state index >= 15 is 0 Å². The second kappa shape index (κ2) is 11.4. The number of hydrogen-bond donors (Lipinski definition) is 0. The fraction of sp³-hybridized carbons (Fsp3) is 0.0233. The van der Waals surface area contributed by atoms with Gasteiger partial charge in [-0.15, -0.1) is 0 Å². The lowest BCUT2D eigenvalue weighted by atomic mass is 9.95. The molecule has 0 saturated carbocycles. The van der Waals surface area contributed by atoms with Gasteiger partial charge in [-0.3, -0.25) is 4.98 Å². The normalized spacial score (nSPS) is 11.4. The van der Waals surface area contributed by atoms with Gasteiger partial charge in [-0.25, -0.2) is 15.0 Å². The van der Waals surface area contributed by atoms with Crippen molar-refractivity contribution in [1.29, 1.82) is 0 Å². The lowest BCUT2D eigenvalue weighted by molar-refractivity contribution is 0.669. The van der Waals surface area contributed by atoms with Crippen molar-refractivity contribution in [2.75, 3.05) is 0 Å². The maximum absolute atomic E-state index is 6.54. The minimum atomic E-state index is 0.559. The van der Waals surface area contributed by atoms with E-state index in [-0.39, 0.29) is 0 Å². The smallest absolute Gasteiger partial charge is 0.167 e. The minimum Gasteiger partial charge on any atom is -0.455 e. The molecule has 6 aromatic carbocycles. The molecule has 9 rings (SSSR count). The first-order valence-corrected chi connectivity index (χ1v) is 16.0. The highest BCUT2D eigenvalue weighted by Crippen LogP contribution is 2.40. The summed E-state index contributed by atoms with van der Waals surface area (Å²) in [6.45, 7) is 2.12. The number of fused-ring (bicyclic) bond motifs is 4. The Balaban J connectivity index is 1.24. The Morgan fingerprint density at radius 3 is 1.81 bits per heavy atom. The monoisotopic (exact) mass is 616 g/mol. The number of benzene rings is 6. The molecule has 0 fully saturated rings. The molecule has 0 aliphatic rings. The first-order valence-electron chi connectivity index (χ1n) is 16.0. The zero-order valence-electron chi connectivity index (χ0n) is 26.1. The number of rotatable bonds is 5. The third-order valence-electron chi connectivity index (χ3n) is 8.84. The van der Waals surface area contributed by atoms with Crippen molar-refractivity contribution in [3.63, 3.8) is 0 Å². The molecule has 5 heteroatoms. The summed E-state index contributed by atoms with van der Waals surface area (Å²) in [7, 11) is 0. The Morgan fingerprint density at radius 2 is 1.08 bits per heavy atom. The van der Waals surface area contributed by atoms with Gasteiger partial charge in [0, 0.05) is 33.5 Å². The van der Waals surface area contributed by atoms with Crippen LogP contribution >= 0.6 is 0 Å². The molecular formula is C43H28N4O. The van der Waals surface area contributed by atoms with Gasteiger partial charge in [0.2, 0.25) is 0 Å². The summed E-state index contributed by atoms with van der Waals surface area (Å²) in [5.41, 5.74) is 10.9.